The quantitative estimate of drug-likeness (QED) is 0.633. The number of pyridine rings is 1. The molecule has 8 nitrogen and oxygen atoms in total. The maximum atomic E-state index is 13.3. The average molecular weight is 418 g/mol. The van der Waals surface area contributed by atoms with Crippen LogP contribution in [0, 0.1) is 11.3 Å². The highest BCUT2D eigenvalue weighted by atomic mass is 16.5. The highest BCUT2D eigenvalue weighted by Gasteiger charge is 2.30. The molecule has 3 rings (SSSR count). The van der Waals surface area contributed by atoms with Crippen LogP contribution in [0.3, 0.4) is 0 Å². The molecule has 0 saturated carbocycles. The number of esters is 2. The Bertz CT molecular complexity index is 1260. The number of hydrogen-bond acceptors (Lipinski definition) is 7. The number of hydrogen-bond donors (Lipinski definition) is 1. The number of ether oxygens (including phenoxy) is 2. The highest BCUT2D eigenvalue weighted by Crippen LogP contribution is 2.34. The fourth-order valence-electron chi connectivity index (χ4n) is 3.23. The first kappa shape index (κ1) is 21.3. The molecule has 31 heavy (non-hydrogen) atoms. The third kappa shape index (κ3) is 3.76. The van der Waals surface area contributed by atoms with E-state index in [0.717, 1.165) is 4.57 Å². The molecule has 0 atom stereocenters. The molecule has 1 heterocycles. The van der Waals surface area contributed by atoms with Gasteiger partial charge in [0.05, 0.1) is 25.0 Å². The molecular formula is C23H18N2O6. The summed E-state index contributed by atoms with van der Waals surface area (Å²) in [6.45, 7) is 1.59. The van der Waals surface area contributed by atoms with E-state index in [1.165, 1.54) is 25.3 Å². The topological polar surface area (TPSA) is 119 Å². The number of rotatable bonds is 5. The summed E-state index contributed by atoms with van der Waals surface area (Å²) in [5.74, 6) is -2.43. The Hall–Kier alpha value is -4.38. The van der Waals surface area contributed by atoms with Crippen LogP contribution in [0.25, 0.3) is 16.8 Å². The maximum Gasteiger partial charge on any atom is 0.344 e. The van der Waals surface area contributed by atoms with Crippen molar-refractivity contribution < 1.29 is 24.2 Å². The van der Waals surface area contributed by atoms with Crippen molar-refractivity contribution >= 4 is 11.9 Å². The van der Waals surface area contributed by atoms with E-state index in [1.807, 2.05) is 6.07 Å². The number of para-hydroxylation sites is 1. The van der Waals surface area contributed by atoms with Gasteiger partial charge in [-0.05, 0) is 24.6 Å². The fourth-order valence-corrected chi connectivity index (χ4v) is 3.23. The summed E-state index contributed by atoms with van der Waals surface area (Å²) in [5, 5.41) is 20.9. The van der Waals surface area contributed by atoms with Crippen molar-refractivity contribution in [2.24, 2.45) is 0 Å². The molecule has 3 aromatic rings. The van der Waals surface area contributed by atoms with Crippen LogP contribution in [0.5, 0.6) is 5.88 Å². The van der Waals surface area contributed by atoms with Gasteiger partial charge >= 0.3 is 11.9 Å². The maximum absolute atomic E-state index is 13.3. The van der Waals surface area contributed by atoms with Crippen molar-refractivity contribution in [3.8, 4) is 28.8 Å². The Morgan fingerprint density at radius 1 is 1.06 bits per heavy atom. The van der Waals surface area contributed by atoms with E-state index in [9.17, 15) is 24.8 Å². The summed E-state index contributed by atoms with van der Waals surface area (Å²) < 4.78 is 10.6. The predicted octanol–water partition coefficient (Wildman–Crippen LogP) is 3.05. The zero-order valence-corrected chi connectivity index (χ0v) is 16.8. The number of benzene rings is 2. The average Bonchev–Trinajstić information content (AvgIpc) is 2.79. The van der Waals surface area contributed by atoms with Crippen LogP contribution in [-0.4, -0.2) is 35.3 Å². The number of nitrogens with zero attached hydrogens (tertiary/aromatic N) is 2. The van der Waals surface area contributed by atoms with Gasteiger partial charge in [-0.15, -0.1) is 0 Å². The van der Waals surface area contributed by atoms with Gasteiger partial charge in [0, 0.05) is 5.56 Å². The first-order valence-electron chi connectivity index (χ1n) is 9.28. The number of nitriles is 1. The van der Waals surface area contributed by atoms with E-state index in [2.05, 4.69) is 0 Å². The third-order valence-corrected chi connectivity index (χ3v) is 4.56. The molecule has 0 spiro atoms. The van der Waals surface area contributed by atoms with Crippen molar-refractivity contribution in [3.05, 3.63) is 81.6 Å². The first-order chi connectivity index (χ1) is 15.0. The molecule has 0 bridgehead atoms. The van der Waals surface area contributed by atoms with E-state index >= 15 is 0 Å². The van der Waals surface area contributed by atoms with Crippen molar-refractivity contribution in [1.82, 2.24) is 4.57 Å². The largest absolute Gasteiger partial charge is 0.493 e. The van der Waals surface area contributed by atoms with Crippen LogP contribution >= 0.6 is 0 Å². The van der Waals surface area contributed by atoms with Crippen LogP contribution in [0.15, 0.2) is 59.4 Å². The minimum Gasteiger partial charge on any atom is -0.493 e. The summed E-state index contributed by atoms with van der Waals surface area (Å²) in [5.41, 5.74) is -1.38. The van der Waals surface area contributed by atoms with Crippen molar-refractivity contribution in [2.45, 2.75) is 6.92 Å². The van der Waals surface area contributed by atoms with Gasteiger partial charge in [0.1, 0.15) is 17.2 Å². The van der Waals surface area contributed by atoms with Crippen LogP contribution in [0.4, 0.5) is 0 Å². The first-order valence-corrected chi connectivity index (χ1v) is 9.28. The minimum atomic E-state index is -0.917. The van der Waals surface area contributed by atoms with Crippen molar-refractivity contribution in [2.75, 3.05) is 13.7 Å². The van der Waals surface area contributed by atoms with Crippen molar-refractivity contribution in [3.63, 3.8) is 0 Å². The molecule has 1 aromatic heterocycles. The van der Waals surface area contributed by atoms with Gasteiger partial charge in [-0.25, -0.2) is 14.2 Å². The molecule has 8 heteroatoms. The molecule has 0 unspecified atom stereocenters. The van der Waals surface area contributed by atoms with Gasteiger partial charge in [0.25, 0.3) is 5.56 Å². The summed E-state index contributed by atoms with van der Waals surface area (Å²) in [6.07, 6.45) is 0. The lowest BCUT2D eigenvalue weighted by atomic mass is 9.95. The zero-order chi connectivity index (χ0) is 22.5. The van der Waals surface area contributed by atoms with E-state index in [-0.39, 0.29) is 34.5 Å². The van der Waals surface area contributed by atoms with Gasteiger partial charge in [-0.2, -0.15) is 5.26 Å². The zero-order valence-electron chi connectivity index (χ0n) is 16.8. The molecule has 1 N–H and O–H groups in total. The van der Waals surface area contributed by atoms with E-state index in [4.69, 9.17) is 9.47 Å². The van der Waals surface area contributed by atoms with Gasteiger partial charge < -0.3 is 14.6 Å². The third-order valence-electron chi connectivity index (χ3n) is 4.56. The Morgan fingerprint density at radius 2 is 1.71 bits per heavy atom. The summed E-state index contributed by atoms with van der Waals surface area (Å²) in [6, 6.07) is 16.0. The number of aromatic hydroxyl groups is 1. The van der Waals surface area contributed by atoms with Crippen LogP contribution in [0.2, 0.25) is 0 Å². The lowest BCUT2D eigenvalue weighted by molar-refractivity contribution is 0.0522. The lowest BCUT2D eigenvalue weighted by Crippen LogP contribution is -2.27. The second kappa shape index (κ2) is 8.97. The summed E-state index contributed by atoms with van der Waals surface area (Å²) >= 11 is 0. The second-order valence-electron chi connectivity index (χ2n) is 6.30. The molecule has 2 aromatic carbocycles. The van der Waals surface area contributed by atoms with Crippen LogP contribution in [0.1, 0.15) is 33.2 Å². The number of carbonyl (C=O) groups is 2. The Kier molecular flexibility index (Phi) is 6.17. The molecule has 0 saturated heterocycles. The molecule has 0 amide bonds. The molecular weight excluding hydrogens is 400 g/mol. The van der Waals surface area contributed by atoms with E-state index < -0.39 is 23.4 Å². The van der Waals surface area contributed by atoms with Gasteiger partial charge in [-0.3, -0.25) is 4.79 Å². The summed E-state index contributed by atoms with van der Waals surface area (Å²) in [4.78, 5) is 38.3. The lowest BCUT2D eigenvalue weighted by Gasteiger charge is -2.18. The molecule has 0 aliphatic rings. The Labute approximate surface area is 177 Å². The Balaban J connectivity index is 2.50. The number of methoxy groups -OCH3 is 1. The summed E-state index contributed by atoms with van der Waals surface area (Å²) in [7, 11) is 1.17. The molecule has 0 fully saturated rings. The predicted molar refractivity (Wildman–Crippen MR) is 111 cm³/mol. The SMILES string of the molecule is CCOC(=O)c1c(-c2ccccc2)c(C#N)c(=O)n(-c2ccccc2C(=O)OC)c1O. The van der Waals surface area contributed by atoms with Gasteiger partial charge in [0.15, 0.2) is 0 Å². The molecule has 156 valence electrons. The smallest absolute Gasteiger partial charge is 0.344 e. The van der Waals surface area contributed by atoms with E-state index in [0.29, 0.717) is 5.56 Å². The van der Waals surface area contributed by atoms with Crippen LogP contribution < -0.4 is 5.56 Å². The Morgan fingerprint density at radius 3 is 2.32 bits per heavy atom. The van der Waals surface area contributed by atoms with Gasteiger partial charge in [0.2, 0.25) is 5.88 Å². The standard InChI is InChI=1S/C23H18N2O6/c1-3-31-23(29)19-18(14-9-5-4-6-10-14)16(13-24)20(26)25(21(19)27)17-12-8-7-11-15(17)22(28)30-2/h4-12,27H,3H2,1-2H3. The number of carbonyl (C=O) groups excluding carboxylic acids is 2. The molecule has 0 aliphatic carbocycles. The molecule has 0 aliphatic heterocycles. The van der Waals surface area contributed by atoms with Crippen molar-refractivity contribution in [1.29, 1.82) is 5.26 Å². The van der Waals surface area contributed by atoms with Gasteiger partial charge in [-0.1, -0.05) is 42.5 Å². The number of aromatic nitrogens is 1. The van der Waals surface area contributed by atoms with Crippen LogP contribution in [-0.2, 0) is 9.47 Å². The normalized spacial score (nSPS) is 10.2. The van der Waals surface area contributed by atoms with E-state index in [1.54, 1.807) is 43.3 Å². The minimum absolute atomic E-state index is 0.00621. The second-order valence-corrected chi connectivity index (χ2v) is 6.30. The highest BCUT2D eigenvalue weighted by molar-refractivity contribution is 6.01. The molecule has 0 radical (unpaired) electrons. The fraction of sp³-hybridized carbons (Fsp3) is 0.130. The monoisotopic (exact) mass is 418 g/mol.